The van der Waals surface area contributed by atoms with Crippen molar-refractivity contribution in [3.63, 3.8) is 0 Å². The maximum Gasteiger partial charge on any atom is -0.00791 e. The summed E-state index contributed by atoms with van der Waals surface area (Å²) in [4.78, 5) is 0. The van der Waals surface area contributed by atoms with Crippen molar-refractivity contribution in [3.8, 4) is 0 Å². The van der Waals surface area contributed by atoms with Gasteiger partial charge in [0.05, 0.1) is 0 Å². The van der Waals surface area contributed by atoms with Crippen LogP contribution in [0.1, 0.15) is 51.2 Å². The molecular weight excluding hydrogens is 180 g/mol. The van der Waals surface area contributed by atoms with Gasteiger partial charge in [-0.2, -0.15) is 0 Å². The average molecular weight is 202 g/mol. The van der Waals surface area contributed by atoms with Crippen molar-refractivity contribution in [1.29, 1.82) is 0 Å². The number of rotatable bonds is 1. The quantitative estimate of drug-likeness (QED) is 0.633. The van der Waals surface area contributed by atoms with E-state index in [4.69, 9.17) is 0 Å². The van der Waals surface area contributed by atoms with Crippen LogP contribution in [0.15, 0.2) is 24.3 Å². The van der Waals surface area contributed by atoms with Gasteiger partial charge in [-0.25, -0.2) is 0 Å². The third-order valence-electron chi connectivity index (χ3n) is 3.80. The predicted octanol–water partition coefficient (Wildman–Crippen LogP) is 4.40. The molecule has 0 N–H and O–H groups in total. The van der Waals surface area contributed by atoms with Crippen molar-refractivity contribution in [2.45, 2.75) is 46.5 Å². The van der Waals surface area contributed by atoms with E-state index in [-0.39, 0.29) is 0 Å². The standard InChI is InChI=1S/C15H22/c1-5-11-10-12-8-6-7-9-13(12)14(11)15(2,3)4/h6-9,11,14H,5,10H2,1-4H3. The van der Waals surface area contributed by atoms with Gasteiger partial charge in [-0.05, 0) is 34.8 Å². The van der Waals surface area contributed by atoms with Crippen LogP contribution in [0.2, 0.25) is 0 Å². The molecule has 1 aromatic carbocycles. The molecule has 2 rings (SSSR count). The van der Waals surface area contributed by atoms with Crippen LogP contribution in [0, 0.1) is 11.3 Å². The predicted molar refractivity (Wildman–Crippen MR) is 66.1 cm³/mol. The van der Waals surface area contributed by atoms with Gasteiger partial charge < -0.3 is 0 Å². The Morgan fingerprint density at radius 2 is 1.87 bits per heavy atom. The molecule has 1 aromatic rings. The zero-order valence-corrected chi connectivity index (χ0v) is 10.4. The Morgan fingerprint density at radius 1 is 1.20 bits per heavy atom. The lowest BCUT2D eigenvalue weighted by Crippen LogP contribution is -2.22. The lowest BCUT2D eigenvalue weighted by Gasteiger charge is -2.32. The average Bonchev–Trinajstić information content (AvgIpc) is 2.54. The fourth-order valence-corrected chi connectivity index (χ4v) is 3.23. The molecule has 0 nitrogen and oxygen atoms in total. The molecule has 0 amide bonds. The Hall–Kier alpha value is -0.780. The van der Waals surface area contributed by atoms with E-state index in [0.29, 0.717) is 5.41 Å². The summed E-state index contributed by atoms with van der Waals surface area (Å²) in [7, 11) is 0. The summed E-state index contributed by atoms with van der Waals surface area (Å²) in [5.74, 6) is 1.60. The van der Waals surface area contributed by atoms with Crippen LogP contribution >= 0.6 is 0 Å². The van der Waals surface area contributed by atoms with E-state index < -0.39 is 0 Å². The number of benzene rings is 1. The van der Waals surface area contributed by atoms with Crippen molar-refractivity contribution in [3.05, 3.63) is 35.4 Å². The van der Waals surface area contributed by atoms with Gasteiger partial charge in [0.2, 0.25) is 0 Å². The van der Waals surface area contributed by atoms with E-state index in [1.807, 2.05) is 0 Å². The summed E-state index contributed by atoms with van der Waals surface area (Å²) >= 11 is 0. The monoisotopic (exact) mass is 202 g/mol. The molecule has 1 aliphatic rings. The smallest absolute Gasteiger partial charge is 0.00791 e. The Morgan fingerprint density at radius 3 is 2.47 bits per heavy atom. The van der Waals surface area contributed by atoms with Crippen molar-refractivity contribution in [2.24, 2.45) is 11.3 Å². The van der Waals surface area contributed by atoms with E-state index in [0.717, 1.165) is 11.8 Å². The van der Waals surface area contributed by atoms with Crippen LogP contribution in [0.25, 0.3) is 0 Å². The highest BCUT2D eigenvalue weighted by Gasteiger charge is 2.38. The molecule has 1 aliphatic carbocycles. The van der Waals surface area contributed by atoms with Crippen molar-refractivity contribution in [2.75, 3.05) is 0 Å². The maximum atomic E-state index is 2.38. The van der Waals surface area contributed by atoms with Crippen LogP contribution in [-0.4, -0.2) is 0 Å². The third kappa shape index (κ3) is 1.82. The van der Waals surface area contributed by atoms with Crippen LogP contribution in [0.3, 0.4) is 0 Å². The number of hydrogen-bond acceptors (Lipinski definition) is 0. The highest BCUT2D eigenvalue weighted by molar-refractivity contribution is 5.37. The number of hydrogen-bond donors (Lipinski definition) is 0. The first-order valence-electron chi connectivity index (χ1n) is 6.12. The molecule has 0 bridgehead atoms. The topological polar surface area (TPSA) is 0 Å². The summed E-state index contributed by atoms with van der Waals surface area (Å²) in [6.45, 7) is 9.46. The van der Waals surface area contributed by atoms with E-state index in [9.17, 15) is 0 Å². The fraction of sp³-hybridized carbons (Fsp3) is 0.600. The minimum Gasteiger partial charge on any atom is -0.0651 e. The molecule has 0 fully saturated rings. The molecule has 2 unspecified atom stereocenters. The Labute approximate surface area is 93.7 Å². The molecule has 0 heteroatoms. The summed E-state index contributed by atoms with van der Waals surface area (Å²) < 4.78 is 0. The highest BCUT2D eigenvalue weighted by Crippen LogP contribution is 2.49. The molecule has 15 heavy (non-hydrogen) atoms. The Balaban J connectivity index is 2.43. The molecule has 0 spiro atoms. The van der Waals surface area contributed by atoms with E-state index in [1.165, 1.54) is 12.8 Å². The molecule has 0 heterocycles. The van der Waals surface area contributed by atoms with E-state index in [2.05, 4.69) is 52.0 Å². The fourth-order valence-electron chi connectivity index (χ4n) is 3.23. The zero-order valence-electron chi connectivity index (χ0n) is 10.4. The first-order chi connectivity index (χ1) is 7.04. The van der Waals surface area contributed by atoms with Crippen molar-refractivity contribution in [1.82, 2.24) is 0 Å². The lowest BCUT2D eigenvalue weighted by atomic mass is 9.72. The van der Waals surface area contributed by atoms with Gasteiger partial charge in [-0.3, -0.25) is 0 Å². The van der Waals surface area contributed by atoms with E-state index >= 15 is 0 Å². The Kier molecular flexibility index (Phi) is 2.62. The molecule has 0 aromatic heterocycles. The second-order valence-corrected chi connectivity index (χ2v) is 5.91. The molecule has 0 radical (unpaired) electrons. The van der Waals surface area contributed by atoms with Crippen molar-refractivity contribution < 1.29 is 0 Å². The first kappa shape index (κ1) is 10.7. The molecule has 0 saturated carbocycles. The second kappa shape index (κ2) is 3.66. The van der Waals surface area contributed by atoms with Gasteiger partial charge in [-0.1, -0.05) is 58.4 Å². The SMILES string of the molecule is CCC1Cc2ccccc2C1C(C)(C)C. The van der Waals surface area contributed by atoms with Gasteiger partial charge in [0.15, 0.2) is 0 Å². The lowest BCUT2D eigenvalue weighted by molar-refractivity contribution is 0.246. The summed E-state index contributed by atoms with van der Waals surface area (Å²) in [5, 5.41) is 0. The van der Waals surface area contributed by atoms with Gasteiger partial charge >= 0.3 is 0 Å². The second-order valence-electron chi connectivity index (χ2n) is 5.91. The molecule has 0 saturated heterocycles. The summed E-state index contributed by atoms with van der Waals surface area (Å²) in [6, 6.07) is 9.01. The van der Waals surface area contributed by atoms with Gasteiger partial charge in [-0.15, -0.1) is 0 Å². The van der Waals surface area contributed by atoms with Crippen LogP contribution in [0.4, 0.5) is 0 Å². The van der Waals surface area contributed by atoms with Crippen LogP contribution < -0.4 is 0 Å². The van der Waals surface area contributed by atoms with Crippen LogP contribution in [0.5, 0.6) is 0 Å². The normalized spacial score (nSPS) is 25.3. The van der Waals surface area contributed by atoms with Crippen molar-refractivity contribution >= 4 is 0 Å². The largest absolute Gasteiger partial charge is 0.0651 e. The molecular formula is C15H22. The molecule has 2 atom stereocenters. The third-order valence-corrected chi connectivity index (χ3v) is 3.80. The highest BCUT2D eigenvalue weighted by atomic mass is 14.4. The van der Waals surface area contributed by atoms with E-state index in [1.54, 1.807) is 11.1 Å². The van der Waals surface area contributed by atoms with Gasteiger partial charge in [0, 0.05) is 0 Å². The van der Waals surface area contributed by atoms with Gasteiger partial charge in [0.25, 0.3) is 0 Å². The first-order valence-corrected chi connectivity index (χ1v) is 6.12. The maximum absolute atomic E-state index is 2.38. The zero-order chi connectivity index (χ0) is 11.1. The van der Waals surface area contributed by atoms with Gasteiger partial charge in [0.1, 0.15) is 0 Å². The minimum absolute atomic E-state index is 0.396. The summed E-state index contributed by atoms with van der Waals surface area (Å²) in [5.41, 5.74) is 3.59. The molecule has 0 aliphatic heterocycles. The summed E-state index contributed by atoms with van der Waals surface area (Å²) in [6.07, 6.45) is 2.59. The molecule has 82 valence electrons. The minimum atomic E-state index is 0.396. The van der Waals surface area contributed by atoms with Crippen LogP contribution in [-0.2, 0) is 6.42 Å². The number of fused-ring (bicyclic) bond motifs is 1. The Bertz CT molecular complexity index is 343.